The molecule has 1 aliphatic rings. The predicted octanol–water partition coefficient (Wildman–Crippen LogP) is 1.20. The third kappa shape index (κ3) is 2.49. The fourth-order valence-corrected chi connectivity index (χ4v) is 1.87. The van der Waals surface area contributed by atoms with Crippen LogP contribution in [0.4, 0.5) is 0 Å². The number of rotatable bonds is 3. The first-order valence-electron chi connectivity index (χ1n) is 5.50. The molecule has 0 saturated carbocycles. The van der Waals surface area contributed by atoms with E-state index >= 15 is 0 Å². The number of amides is 1. The van der Waals surface area contributed by atoms with E-state index in [0.29, 0.717) is 6.54 Å². The van der Waals surface area contributed by atoms with Gasteiger partial charge >= 0.3 is 5.97 Å². The minimum absolute atomic E-state index is 0.00439. The van der Waals surface area contributed by atoms with Crippen LogP contribution < -0.4 is 0 Å². The van der Waals surface area contributed by atoms with Crippen molar-refractivity contribution < 1.29 is 14.3 Å². The van der Waals surface area contributed by atoms with Crippen LogP contribution in [0, 0.1) is 5.92 Å². The van der Waals surface area contributed by atoms with Crippen molar-refractivity contribution in [3.8, 4) is 0 Å². The Morgan fingerprint density at radius 3 is 2.73 bits per heavy atom. The second-order valence-corrected chi connectivity index (χ2v) is 4.02. The lowest BCUT2D eigenvalue weighted by molar-refractivity contribution is -0.152. The number of hydrogen-bond acceptors (Lipinski definition) is 3. The number of esters is 1. The Kier molecular flexibility index (Phi) is 4.12. The van der Waals surface area contributed by atoms with E-state index in [4.69, 9.17) is 4.74 Å². The van der Waals surface area contributed by atoms with Gasteiger partial charge in [-0.1, -0.05) is 13.8 Å². The van der Waals surface area contributed by atoms with Gasteiger partial charge in [0.15, 0.2) is 0 Å². The highest BCUT2D eigenvalue weighted by atomic mass is 16.5. The van der Waals surface area contributed by atoms with E-state index in [0.717, 1.165) is 19.3 Å². The first-order valence-corrected chi connectivity index (χ1v) is 5.50. The maximum absolute atomic E-state index is 11.9. The van der Waals surface area contributed by atoms with Crippen LogP contribution in [0.3, 0.4) is 0 Å². The highest BCUT2D eigenvalue weighted by Gasteiger charge is 2.35. The molecule has 86 valence electrons. The molecule has 1 rings (SSSR count). The molecule has 0 spiro atoms. The molecule has 1 fully saturated rings. The largest absolute Gasteiger partial charge is 0.467 e. The number of likely N-dealkylation sites (tertiary alicyclic amines) is 1. The standard InChI is InChI=1S/C11H19NO3/c1-4-8(2)10(13)12-7-5-6-9(12)11(14)15-3/h8-9H,4-7H2,1-3H3. The Labute approximate surface area is 90.6 Å². The Morgan fingerprint density at radius 1 is 1.53 bits per heavy atom. The van der Waals surface area contributed by atoms with Gasteiger partial charge in [0.25, 0.3) is 0 Å². The molecule has 4 nitrogen and oxygen atoms in total. The molecular weight excluding hydrogens is 194 g/mol. The van der Waals surface area contributed by atoms with E-state index in [-0.39, 0.29) is 23.8 Å². The highest BCUT2D eigenvalue weighted by Crippen LogP contribution is 2.21. The van der Waals surface area contributed by atoms with E-state index in [1.165, 1.54) is 7.11 Å². The molecule has 0 aromatic carbocycles. The average Bonchev–Trinajstić information content (AvgIpc) is 2.74. The van der Waals surface area contributed by atoms with Gasteiger partial charge in [0, 0.05) is 12.5 Å². The van der Waals surface area contributed by atoms with Gasteiger partial charge in [-0.15, -0.1) is 0 Å². The number of ether oxygens (including phenoxy) is 1. The SMILES string of the molecule is CCC(C)C(=O)N1CCCC1C(=O)OC. The third-order valence-corrected chi connectivity index (χ3v) is 3.04. The van der Waals surface area contributed by atoms with Crippen molar-refractivity contribution in [2.45, 2.75) is 39.2 Å². The second kappa shape index (κ2) is 5.14. The van der Waals surface area contributed by atoms with Crippen LogP contribution in [-0.4, -0.2) is 36.5 Å². The molecule has 0 N–H and O–H groups in total. The van der Waals surface area contributed by atoms with Crippen LogP contribution in [-0.2, 0) is 14.3 Å². The van der Waals surface area contributed by atoms with Crippen LogP contribution >= 0.6 is 0 Å². The lowest BCUT2D eigenvalue weighted by atomic mass is 10.1. The minimum atomic E-state index is -0.350. The third-order valence-electron chi connectivity index (χ3n) is 3.04. The summed E-state index contributed by atoms with van der Waals surface area (Å²) in [5, 5.41) is 0. The Hall–Kier alpha value is -1.06. The number of methoxy groups -OCH3 is 1. The highest BCUT2D eigenvalue weighted by molar-refractivity contribution is 5.86. The van der Waals surface area contributed by atoms with Crippen LogP contribution in [0.1, 0.15) is 33.1 Å². The van der Waals surface area contributed by atoms with Crippen molar-refractivity contribution in [1.82, 2.24) is 4.90 Å². The second-order valence-electron chi connectivity index (χ2n) is 4.02. The molecule has 2 atom stereocenters. The zero-order valence-electron chi connectivity index (χ0n) is 9.66. The molecule has 0 radical (unpaired) electrons. The fraction of sp³-hybridized carbons (Fsp3) is 0.818. The monoisotopic (exact) mass is 213 g/mol. The van der Waals surface area contributed by atoms with E-state index in [1.807, 2.05) is 13.8 Å². The van der Waals surface area contributed by atoms with E-state index < -0.39 is 0 Å². The van der Waals surface area contributed by atoms with Gasteiger partial charge in [-0.25, -0.2) is 4.79 Å². The molecule has 2 unspecified atom stereocenters. The quantitative estimate of drug-likeness (QED) is 0.662. The van der Waals surface area contributed by atoms with Gasteiger partial charge in [-0.3, -0.25) is 4.79 Å². The summed E-state index contributed by atoms with van der Waals surface area (Å²) in [7, 11) is 1.37. The zero-order valence-corrected chi connectivity index (χ0v) is 9.66. The molecule has 0 bridgehead atoms. The first-order chi connectivity index (χ1) is 7.11. The van der Waals surface area contributed by atoms with Crippen LogP contribution in [0.25, 0.3) is 0 Å². The van der Waals surface area contributed by atoms with Crippen molar-refractivity contribution in [3.05, 3.63) is 0 Å². The number of carbonyl (C=O) groups excluding carboxylic acids is 2. The molecule has 1 saturated heterocycles. The van der Waals surface area contributed by atoms with Gasteiger partial charge in [0.2, 0.25) is 5.91 Å². The molecule has 0 aromatic rings. The molecule has 4 heteroatoms. The zero-order chi connectivity index (χ0) is 11.4. The van der Waals surface area contributed by atoms with Gasteiger partial charge < -0.3 is 9.64 Å². The molecule has 1 heterocycles. The van der Waals surface area contributed by atoms with Crippen LogP contribution in [0.5, 0.6) is 0 Å². The summed E-state index contributed by atoms with van der Waals surface area (Å²) >= 11 is 0. The summed E-state index contributed by atoms with van der Waals surface area (Å²) in [6.07, 6.45) is 2.43. The summed E-state index contributed by atoms with van der Waals surface area (Å²) in [5.74, 6) is -0.218. The van der Waals surface area contributed by atoms with Gasteiger partial charge in [0.1, 0.15) is 6.04 Å². The van der Waals surface area contributed by atoms with Gasteiger partial charge in [-0.2, -0.15) is 0 Å². The summed E-state index contributed by atoms with van der Waals surface area (Å²) in [6.45, 7) is 4.56. The average molecular weight is 213 g/mol. The number of nitrogens with zero attached hydrogens (tertiary/aromatic N) is 1. The first kappa shape index (κ1) is 12.0. The number of carbonyl (C=O) groups is 2. The minimum Gasteiger partial charge on any atom is -0.467 e. The van der Waals surface area contributed by atoms with E-state index in [9.17, 15) is 9.59 Å². The van der Waals surface area contributed by atoms with Crippen molar-refractivity contribution in [2.75, 3.05) is 13.7 Å². The maximum atomic E-state index is 11.9. The molecule has 1 amide bonds. The Bertz CT molecular complexity index is 252. The van der Waals surface area contributed by atoms with Gasteiger partial charge in [0.05, 0.1) is 7.11 Å². The van der Waals surface area contributed by atoms with Crippen LogP contribution in [0.2, 0.25) is 0 Å². The fourth-order valence-electron chi connectivity index (χ4n) is 1.87. The summed E-state index contributed by atoms with van der Waals surface area (Å²) in [6, 6.07) is -0.350. The molecule has 15 heavy (non-hydrogen) atoms. The Balaban J connectivity index is 2.68. The Morgan fingerprint density at radius 2 is 2.20 bits per heavy atom. The van der Waals surface area contributed by atoms with Crippen molar-refractivity contribution in [2.24, 2.45) is 5.92 Å². The van der Waals surface area contributed by atoms with Crippen molar-refractivity contribution >= 4 is 11.9 Å². The predicted molar refractivity (Wildman–Crippen MR) is 56.2 cm³/mol. The lowest BCUT2D eigenvalue weighted by Crippen LogP contribution is -2.43. The van der Waals surface area contributed by atoms with E-state index in [2.05, 4.69) is 0 Å². The maximum Gasteiger partial charge on any atom is 0.328 e. The normalized spacial score (nSPS) is 22.6. The van der Waals surface area contributed by atoms with Crippen molar-refractivity contribution in [1.29, 1.82) is 0 Å². The molecule has 0 aromatic heterocycles. The molecule has 1 aliphatic heterocycles. The molecular formula is C11H19NO3. The number of hydrogen-bond donors (Lipinski definition) is 0. The summed E-state index contributed by atoms with van der Waals surface area (Å²) in [4.78, 5) is 25.0. The van der Waals surface area contributed by atoms with Crippen molar-refractivity contribution in [3.63, 3.8) is 0 Å². The molecule has 0 aliphatic carbocycles. The summed E-state index contributed by atoms with van der Waals surface area (Å²) < 4.78 is 4.70. The topological polar surface area (TPSA) is 46.6 Å². The van der Waals surface area contributed by atoms with E-state index in [1.54, 1.807) is 4.90 Å². The smallest absolute Gasteiger partial charge is 0.328 e. The summed E-state index contributed by atoms with van der Waals surface area (Å²) in [5.41, 5.74) is 0. The lowest BCUT2D eigenvalue weighted by Gasteiger charge is -2.25. The van der Waals surface area contributed by atoms with Crippen LogP contribution in [0.15, 0.2) is 0 Å². The van der Waals surface area contributed by atoms with Gasteiger partial charge in [-0.05, 0) is 19.3 Å².